The normalized spacial score (nSPS) is 14.7. The Morgan fingerprint density at radius 1 is 1.47 bits per heavy atom. The summed E-state index contributed by atoms with van der Waals surface area (Å²) in [6.07, 6.45) is 2.07. The smallest absolute Gasteiger partial charge is 0.223 e. The molecule has 2 rings (SSSR count). The van der Waals surface area contributed by atoms with Gasteiger partial charge >= 0.3 is 0 Å². The molecule has 106 valence electrons. The number of nitrogens with zero attached hydrogens (tertiary/aromatic N) is 2. The van der Waals surface area contributed by atoms with Crippen molar-refractivity contribution in [2.24, 2.45) is 13.0 Å². The number of hydrogen-bond acceptors (Lipinski definition) is 4. The minimum absolute atomic E-state index is 0.169. The van der Waals surface area contributed by atoms with Gasteiger partial charge in [0.05, 0.1) is 11.4 Å². The van der Waals surface area contributed by atoms with Crippen molar-refractivity contribution >= 4 is 17.4 Å². The van der Waals surface area contributed by atoms with Crippen molar-refractivity contribution in [1.29, 1.82) is 0 Å². The molecule has 6 nitrogen and oxygen atoms in total. The maximum atomic E-state index is 11.5. The number of nitrogens with two attached hydrogens (primary N) is 1. The molecule has 0 radical (unpaired) electrons. The van der Waals surface area contributed by atoms with Gasteiger partial charge in [-0.3, -0.25) is 9.48 Å². The Bertz CT molecular complexity index is 462. The van der Waals surface area contributed by atoms with Gasteiger partial charge in [-0.25, -0.2) is 0 Å². The highest BCUT2D eigenvalue weighted by Crippen LogP contribution is 2.29. The summed E-state index contributed by atoms with van der Waals surface area (Å²) in [6.45, 7) is 5.40. The first kappa shape index (κ1) is 13.7. The zero-order valence-corrected chi connectivity index (χ0v) is 11.9. The highest BCUT2D eigenvalue weighted by Gasteiger charge is 2.29. The van der Waals surface area contributed by atoms with Crippen LogP contribution in [-0.4, -0.2) is 28.8 Å². The maximum Gasteiger partial charge on any atom is 0.223 e. The Morgan fingerprint density at radius 3 is 2.68 bits per heavy atom. The number of rotatable bonds is 6. The second-order valence-corrected chi connectivity index (χ2v) is 5.42. The Labute approximate surface area is 113 Å². The Kier molecular flexibility index (Phi) is 3.97. The number of amides is 1. The average molecular weight is 265 g/mol. The summed E-state index contributed by atoms with van der Waals surface area (Å²) < 4.78 is 1.76. The number of carbonyl (C=O) groups excluding carboxylic acids is 1. The van der Waals surface area contributed by atoms with E-state index in [0.29, 0.717) is 24.7 Å². The van der Waals surface area contributed by atoms with E-state index in [2.05, 4.69) is 29.6 Å². The van der Waals surface area contributed by atoms with Crippen LogP contribution in [0.15, 0.2) is 0 Å². The number of aryl methyl sites for hydroxylation is 1. The lowest BCUT2D eigenvalue weighted by Crippen LogP contribution is -2.30. The zero-order valence-electron chi connectivity index (χ0n) is 11.9. The van der Waals surface area contributed by atoms with Crippen molar-refractivity contribution in [2.75, 3.05) is 24.1 Å². The molecule has 0 aromatic carbocycles. The molecule has 1 aliphatic carbocycles. The molecule has 0 unspecified atom stereocenters. The molecule has 1 saturated carbocycles. The van der Waals surface area contributed by atoms with E-state index >= 15 is 0 Å². The van der Waals surface area contributed by atoms with Gasteiger partial charge in [0.15, 0.2) is 0 Å². The molecule has 1 fully saturated rings. The molecule has 1 aromatic heterocycles. The van der Waals surface area contributed by atoms with Crippen LogP contribution >= 0.6 is 0 Å². The number of nitrogen functional groups attached to an aromatic ring is 1. The predicted molar refractivity (Wildman–Crippen MR) is 75.9 cm³/mol. The average Bonchev–Trinajstić information content (AvgIpc) is 3.14. The van der Waals surface area contributed by atoms with Crippen LogP contribution in [0.2, 0.25) is 0 Å². The summed E-state index contributed by atoms with van der Waals surface area (Å²) >= 11 is 0. The lowest BCUT2D eigenvalue weighted by molar-refractivity contribution is -0.122. The standard InChI is InChI=1S/C13H23N5O/c1-8(2)11-10(14)12(18(3)17-11)15-6-7-16-13(19)9-4-5-9/h8-9,15H,4-7,14H2,1-3H3,(H,16,19). The van der Waals surface area contributed by atoms with Crippen LogP contribution in [-0.2, 0) is 11.8 Å². The number of hydrogen-bond donors (Lipinski definition) is 3. The van der Waals surface area contributed by atoms with Crippen LogP contribution in [0.25, 0.3) is 0 Å². The van der Waals surface area contributed by atoms with Crippen LogP contribution in [0, 0.1) is 5.92 Å². The molecule has 4 N–H and O–H groups in total. The van der Waals surface area contributed by atoms with Gasteiger partial charge in [-0.05, 0) is 18.8 Å². The molecular weight excluding hydrogens is 242 g/mol. The molecule has 1 amide bonds. The van der Waals surface area contributed by atoms with E-state index in [-0.39, 0.29) is 11.8 Å². The SMILES string of the molecule is CC(C)c1nn(C)c(NCCNC(=O)C2CC2)c1N. The summed E-state index contributed by atoms with van der Waals surface area (Å²) in [5.74, 6) is 1.55. The van der Waals surface area contributed by atoms with Gasteiger partial charge in [0.25, 0.3) is 0 Å². The van der Waals surface area contributed by atoms with Crippen LogP contribution in [0.4, 0.5) is 11.5 Å². The topological polar surface area (TPSA) is 85.0 Å². The quantitative estimate of drug-likeness (QED) is 0.672. The van der Waals surface area contributed by atoms with Gasteiger partial charge in [-0.1, -0.05) is 13.8 Å². The van der Waals surface area contributed by atoms with E-state index in [0.717, 1.165) is 24.4 Å². The molecule has 1 heterocycles. The lowest BCUT2D eigenvalue weighted by Gasteiger charge is -2.09. The second-order valence-electron chi connectivity index (χ2n) is 5.42. The van der Waals surface area contributed by atoms with Gasteiger partial charge in [0, 0.05) is 26.1 Å². The summed E-state index contributed by atoms with van der Waals surface area (Å²) in [7, 11) is 1.87. The van der Waals surface area contributed by atoms with Crippen molar-refractivity contribution < 1.29 is 4.79 Å². The van der Waals surface area contributed by atoms with E-state index in [1.54, 1.807) is 4.68 Å². The third-order valence-corrected chi connectivity index (χ3v) is 3.32. The van der Waals surface area contributed by atoms with Gasteiger partial charge in [0.1, 0.15) is 5.82 Å². The first-order chi connectivity index (χ1) is 9.00. The summed E-state index contributed by atoms with van der Waals surface area (Å²) in [5, 5.41) is 10.5. The van der Waals surface area contributed by atoms with Crippen molar-refractivity contribution in [1.82, 2.24) is 15.1 Å². The molecule has 19 heavy (non-hydrogen) atoms. The number of nitrogens with one attached hydrogen (secondary N) is 2. The fourth-order valence-electron chi connectivity index (χ4n) is 2.05. The fourth-order valence-corrected chi connectivity index (χ4v) is 2.05. The van der Waals surface area contributed by atoms with Gasteiger partial charge in [-0.15, -0.1) is 0 Å². The first-order valence-electron chi connectivity index (χ1n) is 6.84. The molecule has 0 spiro atoms. The zero-order chi connectivity index (χ0) is 14.0. The largest absolute Gasteiger partial charge is 0.394 e. The van der Waals surface area contributed by atoms with E-state index in [1.807, 2.05) is 7.05 Å². The second kappa shape index (κ2) is 5.50. The minimum atomic E-state index is 0.169. The first-order valence-corrected chi connectivity index (χ1v) is 6.84. The number of carbonyl (C=O) groups is 1. The van der Waals surface area contributed by atoms with Crippen LogP contribution in [0.5, 0.6) is 0 Å². The van der Waals surface area contributed by atoms with Crippen molar-refractivity contribution in [2.45, 2.75) is 32.6 Å². The molecule has 0 aliphatic heterocycles. The lowest BCUT2D eigenvalue weighted by atomic mass is 10.1. The Morgan fingerprint density at radius 2 is 2.16 bits per heavy atom. The number of aromatic nitrogens is 2. The van der Waals surface area contributed by atoms with E-state index in [4.69, 9.17) is 5.73 Å². The van der Waals surface area contributed by atoms with Crippen molar-refractivity contribution in [3.8, 4) is 0 Å². The Balaban J connectivity index is 1.83. The molecule has 6 heteroatoms. The van der Waals surface area contributed by atoms with E-state index in [1.165, 1.54) is 0 Å². The van der Waals surface area contributed by atoms with Gasteiger partial charge < -0.3 is 16.4 Å². The minimum Gasteiger partial charge on any atom is -0.394 e. The molecule has 0 atom stereocenters. The van der Waals surface area contributed by atoms with E-state index in [9.17, 15) is 4.79 Å². The molecule has 1 aromatic rings. The monoisotopic (exact) mass is 265 g/mol. The highest BCUT2D eigenvalue weighted by molar-refractivity contribution is 5.80. The molecule has 0 saturated heterocycles. The number of anilines is 2. The predicted octanol–water partition coefficient (Wildman–Crippen LogP) is 1.06. The van der Waals surface area contributed by atoms with Crippen LogP contribution < -0.4 is 16.4 Å². The van der Waals surface area contributed by atoms with Gasteiger partial charge in [0.2, 0.25) is 5.91 Å². The molecule has 0 bridgehead atoms. The summed E-state index contributed by atoms with van der Waals surface area (Å²) in [5.41, 5.74) is 7.68. The summed E-state index contributed by atoms with van der Waals surface area (Å²) in [4.78, 5) is 11.5. The maximum absolute atomic E-state index is 11.5. The third kappa shape index (κ3) is 3.19. The molecule has 1 aliphatic rings. The van der Waals surface area contributed by atoms with E-state index < -0.39 is 0 Å². The molecular formula is C13H23N5O. The Hall–Kier alpha value is -1.72. The van der Waals surface area contributed by atoms with Crippen LogP contribution in [0.3, 0.4) is 0 Å². The van der Waals surface area contributed by atoms with Gasteiger partial charge in [-0.2, -0.15) is 5.10 Å². The van der Waals surface area contributed by atoms with Crippen molar-refractivity contribution in [3.05, 3.63) is 5.69 Å². The fraction of sp³-hybridized carbons (Fsp3) is 0.692. The van der Waals surface area contributed by atoms with Crippen LogP contribution in [0.1, 0.15) is 38.3 Å². The summed E-state index contributed by atoms with van der Waals surface area (Å²) in [6, 6.07) is 0. The van der Waals surface area contributed by atoms with Crippen molar-refractivity contribution in [3.63, 3.8) is 0 Å². The third-order valence-electron chi connectivity index (χ3n) is 3.32. The highest BCUT2D eigenvalue weighted by atomic mass is 16.2.